The second kappa shape index (κ2) is 3.08. The van der Waals surface area contributed by atoms with Crippen molar-refractivity contribution < 1.29 is 17.6 Å². The summed E-state index contributed by atoms with van der Waals surface area (Å²) in [5.41, 5.74) is 0. The van der Waals surface area contributed by atoms with Crippen LogP contribution in [0.5, 0.6) is 0 Å². The summed E-state index contributed by atoms with van der Waals surface area (Å²) in [5.74, 6) is 0. The first-order valence-corrected chi connectivity index (χ1v) is 2.65. The Balaban J connectivity index is 3.79. The maximum Gasteiger partial charge on any atom is 0.348 e. The van der Waals surface area contributed by atoms with E-state index in [1.165, 1.54) is 6.92 Å². The van der Waals surface area contributed by atoms with Crippen LogP contribution in [-0.2, 0) is 0 Å². The molecule has 0 spiro atoms. The molecule has 54 valence electrons. The van der Waals surface area contributed by atoms with E-state index in [0.717, 1.165) is 0 Å². The largest absolute Gasteiger partial charge is 0.348 e. The fourth-order valence-corrected chi connectivity index (χ4v) is 0.428. The molecule has 0 bridgehead atoms. The Kier molecular flexibility index (Phi) is 3.01. The number of hydrogen-bond acceptors (Lipinski definition) is 0. The van der Waals surface area contributed by atoms with Crippen molar-refractivity contribution in [2.24, 2.45) is 0 Å². The minimum atomic E-state index is -4.36. The maximum absolute atomic E-state index is 11.5. The van der Waals surface area contributed by atoms with Crippen molar-refractivity contribution in [3.63, 3.8) is 0 Å². The fraction of sp³-hybridized carbons (Fsp3) is 1.00. The van der Waals surface area contributed by atoms with E-state index in [0.29, 0.717) is 0 Å². The molecule has 5 heteroatoms. The zero-order chi connectivity index (χ0) is 7.49. The summed E-state index contributed by atoms with van der Waals surface area (Å²) in [4.78, 5) is 0. The van der Waals surface area contributed by atoms with Crippen molar-refractivity contribution in [1.29, 1.82) is 0 Å². The normalized spacial score (nSPS) is 11.7. The lowest BCUT2D eigenvalue weighted by atomic mass is 9.48. The summed E-state index contributed by atoms with van der Waals surface area (Å²) in [6.45, 7) is -1.75. The average molecular weight is 142 g/mol. The summed E-state index contributed by atoms with van der Waals surface area (Å²) >= 11 is 0. The molecule has 0 saturated heterocycles. The van der Waals surface area contributed by atoms with Crippen LogP contribution in [-0.4, -0.2) is 19.4 Å². The highest BCUT2D eigenvalue weighted by molar-refractivity contribution is 6.60. The molecule has 0 unspecified atom stereocenters. The van der Waals surface area contributed by atoms with Crippen LogP contribution in [0, 0.1) is 0 Å². The quantitative estimate of drug-likeness (QED) is 0.409. The molecule has 0 rings (SSSR count). The van der Waals surface area contributed by atoms with Gasteiger partial charge in [-0.15, -0.1) is 0 Å². The summed E-state index contributed by atoms with van der Waals surface area (Å²) < 4.78 is 45.9. The lowest BCUT2D eigenvalue weighted by Gasteiger charge is -2.09. The third-order valence-electron chi connectivity index (χ3n) is 1.14. The molecule has 0 saturated carbocycles. The van der Waals surface area contributed by atoms with Gasteiger partial charge in [-0.25, -0.2) is 0 Å². The van der Waals surface area contributed by atoms with Crippen LogP contribution >= 0.6 is 0 Å². The molecule has 0 aliphatic carbocycles. The Bertz CT molecular complexity index is 75.1. The van der Waals surface area contributed by atoms with Crippen LogP contribution in [0.3, 0.4) is 0 Å². The minimum absolute atomic E-state index is 0.181. The Labute approximate surface area is 51.3 Å². The second-order valence-corrected chi connectivity index (χ2v) is 1.80. The molecule has 0 heterocycles. The second-order valence-electron chi connectivity index (χ2n) is 1.80. The summed E-state index contributed by atoms with van der Waals surface area (Å²) in [5, 5.41) is 0. The van der Waals surface area contributed by atoms with E-state index in [4.69, 9.17) is 0 Å². The van der Waals surface area contributed by atoms with E-state index < -0.39 is 19.4 Å². The minimum Gasteiger partial charge on any atom is -0.260 e. The first-order valence-electron chi connectivity index (χ1n) is 2.65. The van der Waals surface area contributed by atoms with Crippen molar-refractivity contribution in [2.75, 3.05) is 6.57 Å². The van der Waals surface area contributed by atoms with Gasteiger partial charge in [-0.2, -0.15) is 13.2 Å². The van der Waals surface area contributed by atoms with Gasteiger partial charge < -0.3 is 0 Å². The summed E-state index contributed by atoms with van der Waals surface area (Å²) in [6, 6.07) is 0. The van der Waals surface area contributed by atoms with Gasteiger partial charge in [0.2, 0.25) is 0 Å². The van der Waals surface area contributed by atoms with E-state index in [-0.39, 0.29) is 6.32 Å². The zero-order valence-corrected chi connectivity index (χ0v) is 5.00. The van der Waals surface area contributed by atoms with E-state index >= 15 is 0 Å². The summed E-state index contributed by atoms with van der Waals surface area (Å²) in [6.07, 6.45) is -4.54. The van der Waals surface area contributed by atoms with Gasteiger partial charge in [0.15, 0.2) is 0 Å². The van der Waals surface area contributed by atoms with E-state index in [1.807, 2.05) is 0 Å². The Morgan fingerprint density at radius 2 is 1.78 bits per heavy atom. The molecule has 0 aromatic heterocycles. The molecule has 0 N–H and O–H groups in total. The van der Waals surface area contributed by atoms with Gasteiger partial charge >= 0.3 is 12.8 Å². The van der Waals surface area contributed by atoms with Crippen molar-refractivity contribution in [3.8, 4) is 0 Å². The number of alkyl halides is 4. The molecule has 0 aliphatic heterocycles. The topological polar surface area (TPSA) is 0 Å². The zero-order valence-electron chi connectivity index (χ0n) is 5.00. The molecule has 0 aromatic rings. The Morgan fingerprint density at radius 3 is 1.78 bits per heavy atom. The van der Waals surface area contributed by atoms with E-state index in [9.17, 15) is 17.6 Å². The molecule has 0 aliphatic rings. The number of halogens is 4. The highest BCUT2D eigenvalue weighted by atomic mass is 19.4. The maximum atomic E-state index is 11.5. The van der Waals surface area contributed by atoms with Crippen LogP contribution in [0.15, 0.2) is 0 Å². The van der Waals surface area contributed by atoms with Crippen LogP contribution < -0.4 is 0 Å². The SMILES string of the molecule is CCB(CF)C(F)(F)F. The third kappa shape index (κ3) is 2.72. The lowest BCUT2D eigenvalue weighted by Crippen LogP contribution is -2.35. The molecular weight excluding hydrogens is 135 g/mol. The standard InChI is InChI=1S/C4H7BF4/c1-2-5(3-6)4(7,8)9/h2-3H2,1H3. The van der Waals surface area contributed by atoms with Gasteiger partial charge in [-0.3, -0.25) is 4.39 Å². The first-order chi connectivity index (χ1) is 4.02. The van der Waals surface area contributed by atoms with Crippen LogP contribution in [0.4, 0.5) is 17.6 Å². The molecule has 0 fully saturated rings. The van der Waals surface area contributed by atoms with Crippen LogP contribution in [0.2, 0.25) is 6.32 Å². The Morgan fingerprint density at radius 1 is 1.33 bits per heavy atom. The van der Waals surface area contributed by atoms with Crippen LogP contribution in [0.25, 0.3) is 0 Å². The molecule has 9 heavy (non-hydrogen) atoms. The van der Waals surface area contributed by atoms with Gasteiger partial charge in [0.25, 0.3) is 0 Å². The highest BCUT2D eigenvalue weighted by Crippen LogP contribution is 2.21. The first kappa shape index (κ1) is 8.78. The van der Waals surface area contributed by atoms with Crippen molar-refractivity contribution in [1.82, 2.24) is 0 Å². The highest BCUT2D eigenvalue weighted by Gasteiger charge is 2.41. The molecular formula is C4H7BF4. The molecule has 0 nitrogen and oxygen atoms in total. The lowest BCUT2D eigenvalue weighted by molar-refractivity contribution is -0.0530. The molecule has 0 aromatic carbocycles. The number of hydrogen-bond donors (Lipinski definition) is 0. The summed E-state index contributed by atoms with van der Waals surface area (Å²) in [7, 11) is 0. The van der Waals surface area contributed by atoms with E-state index in [1.54, 1.807) is 0 Å². The van der Waals surface area contributed by atoms with Gasteiger partial charge in [0.05, 0.1) is 6.57 Å². The predicted molar refractivity (Wildman–Crippen MR) is 28.3 cm³/mol. The van der Waals surface area contributed by atoms with Crippen molar-refractivity contribution in [3.05, 3.63) is 0 Å². The van der Waals surface area contributed by atoms with Crippen molar-refractivity contribution >= 4 is 6.71 Å². The molecule has 0 atom stereocenters. The Hall–Kier alpha value is -0.215. The molecule has 0 radical (unpaired) electrons. The van der Waals surface area contributed by atoms with Gasteiger partial charge in [-0.1, -0.05) is 13.2 Å². The van der Waals surface area contributed by atoms with Crippen LogP contribution in [0.1, 0.15) is 6.92 Å². The molecule has 0 amide bonds. The smallest absolute Gasteiger partial charge is 0.260 e. The predicted octanol–water partition coefficient (Wildman–Crippen LogP) is 2.11. The monoisotopic (exact) mass is 142 g/mol. The third-order valence-corrected chi connectivity index (χ3v) is 1.14. The van der Waals surface area contributed by atoms with Gasteiger partial charge in [0, 0.05) is 0 Å². The fourth-order valence-electron chi connectivity index (χ4n) is 0.428. The van der Waals surface area contributed by atoms with Crippen molar-refractivity contribution in [2.45, 2.75) is 19.3 Å². The van der Waals surface area contributed by atoms with Gasteiger partial charge in [-0.05, 0) is 0 Å². The van der Waals surface area contributed by atoms with Gasteiger partial charge in [0.1, 0.15) is 0 Å². The average Bonchev–Trinajstić information content (AvgIpc) is 1.65. The van der Waals surface area contributed by atoms with E-state index in [2.05, 4.69) is 0 Å². The number of rotatable bonds is 2.